The number of rotatable bonds is 4. The number of fused-ring (bicyclic) bond motifs is 3. The summed E-state index contributed by atoms with van der Waals surface area (Å²) in [5, 5.41) is 4.27. The van der Waals surface area contributed by atoms with E-state index in [1.165, 1.54) is 12.4 Å². The first-order chi connectivity index (χ1) is 16.6. The number of benzene rings is 1. The van der Waals surface area contributed by atoms with E-state index in [9.17, 15) is 0 Å². The van der Waals surface area contributed by atoms with E-state index >= 15 is 4.39 Å². The molecule has 0 unspecified atom stereocenters. The van der Waals surface area contributed by atoms with Gasteiger partial charge in [-0.1, -0.05) is 12.1 Å². The molecule has 174 valence electrons. The molecule has 2 aliphatic heterocycles. The molecule has 1 atom stereocenters. The molecular formula is C25H26FN7O. The van der Waals surface area contributed by atoms with Crippen LogP contribution in [-0.2, 0) is 6.54 Å². The van der Waals surface area contributed by atoms with Gasteiger partial charge in [0, 0.05) is 43.0 Å². The van der Waals surface area contributed by atoms with Gasteiger partial charge in [0.05, 0.1) is 5.39 Å². The second-order valence-electron chi connectivity index (χ2n) is 8.87. The quantitative estimate of drug-likeness (QED) is 0.478. The van der Waals surface area contributed by atoms with Crippen molar-refractivity contribution in [1.82, 2.24) is 24.8 Å². The fraction of sp³-hybridized carbons (Fsp3) is 0.320. The zero-order chi connectivity index (χ0) is 23.2. The SMILES string of the molecule is Cc1cccc(Oc2ccc(-c3c4n(c5ncnc(N)c35)CCN4[C@H]3CCCNC3)cc2F)n1. The van der Waals surface area contributed by atoms with Gasteiger partial charge < -0.3 is 25.3 Å². The Hall–Kier alpha value is -3.72. The maximum Gasteiger partial charge on any atom is 0.219 e. The second-order valence-corrected chi connectivity index (χ2v) is 8.87. The van der Waals surface area contributed by atoms with Crippen molar-refractivity contribution in [2.45, 2.75) is 32.4 Å². The number of halogens is 1. The summed E-state index contributed by atoms with van der Waals surface area (Å²) < 4.78 is 23.2. The van der Waals surface area contributed by atoms with Crippen LogP contribution in [0, 0.1) is 12.7 Å². The second kappa shape index (κ2) is 8.25. The first kappa shape index (κ1) is 20.9. The van der Waals surface area contributed by atoms with Gasteiger partial charge in [-0.25, -0.2) is 19.3 Å². The zero-order valence-electron chi connectivity index (χ0n) is 19.0. The van der Waals surface area contributed by atoms with Crippen molar-refractivity contribution in [3.05, 3.63) is 54.2 Å². The summed E-state index contributed by atoms with van der Waals surface area (Å²) in [6, 6.07) is 10.8. The molecule has 0 saturated carbocycles. The van der Waals surface area contributed by atoms with Crippen molar-refractivity contribution < 1.29 is 9.13 Å². The van der Waals surface area contributed by atoms with Crippen molar-refractivity contribution in [2.24, 2.45) is 0 Å². The van der Waals surface area contributed by atoms with Crippen molar-refractivity contribution in [2.75, 3.05) is 30.3 Å². The minimum absolute atomic E-state index is 0.125. The van der Waals surface area contributed by atoms with Gasteiger partial charge in [0.25, 0.3) is 0 Å². The molecule has 3 aromatic heterocycles. The number of piperidine rings is 1. The minimum atomic E-state index is -0.465. The number of nitrogens with zero attached hydrogens (tertiary/aromatic N) is 5. The number of hydrogen-bond donors (Lipinski definition) is 2. The van der Waals surface area contributed by atoms with Gasteiger partial charge in [0.1, 0.15) is 23.6 Å². The lowest BCUT2D eigenvalue weighted by Gasteiger charge is -2.33. The molecular weight excluding hydrogens is 433 g/mol. The number of pyridine rings is 1. The van der Waals surface area contributed by atoms with E-state index in [4.69, 9.17) is 10.5 Å². The van der Waals surface area contributed by atoms with Crippen molar-refractivity contribution in [3.8, 4) is 22.8 Å². The van der Waals surface area contributed by atoms with Gasteiger partial charge in [-0.3, -0.25) is 0 Å². The highest BCUT2D eigenvalue weighted by Crippen LogP contribution is 2.45. The van der Waals surface area contributed by atoms with Gasteiger partial charge in [0.2, 0.25) is 5.88 Å². The van der Waals surface area contributed by atoms with Crippen LogP contribution in [0.3, 0.4) is 0 Å². The molecule has 0 aliphatic carbocycles. The standard InChI is InChI=1S/C25H26FN7O/c1-15-4-2-6-20(31-15)34-19-8-7-16(12-18(19)26)21-22-23(27)29-14-30-24(22)33-11-10-32(25(21)33)17-5-3-9-28-13-17/h2,4,6-8,12,14,17,28H,3,5,9-11,13H2,1H3,(H2,27,29,30)/t17-/m0/s1. The zero-order valence-corrected chi connectivity index (χ0v) is 19.0. The molecule has 9 heteroatoms. The molecule has 1 fully saturated rings. The Morgan fingerprint density at radius 2 is 2.09 bits per heavy atom. The topological polar surface area (TPSA) is 94.1 Å². The molecule has 8 nitrogen and oxygen atoms in total. The third-order valence-electron chi connectivity index (χ3n) is 6.69. The van der Waals surface area contributed by atoms with Crippen LogP contribution in [0.5, 0.6) is 11.6 Å². The van der Waals surface area contributed by atoms with Gasteiger partial charge >= 0.3 is 0 Å². The van der Waals surface area contributed by atoms with Crippen molar-refractivity contribution in [3.63, 3.8) is 0 Å². The van der Waals surface area contributed by atoms with Gasteiger partial charge in [-0.15, -0.1) is 0 Å². The van der Waals surface area contributed by atoms with E-state index in [-0.39, 0.29) is 5.75 Å². The van der Waals surface area contributed by atoms with Gasteiger partial charge in [-0.05, 0) is 50.1 Å². The molecule has 34 heavy (non-hydrogen) atoms. The molecule has 5 heterocycles. The van der Waals surface area contributed by atoms with Crippen LogP contribution in [0.1, 0.15) is 18.5 Å². The summed E-state index contributed by atoms with van der Waals surface area (Å²) in [5.74, 6) is 1.45. The molecule has 1 aromatic carbocycles. The third-order valence-corrected chi connectivity index (χ3v) is 6.69. The largest absolute Gasteiger partial charge is 0.436 e. The Labute approximate surface area is 196 Å². The molecule has 3 N–H and O–H groups in total. The Balaban J connectivity index is 1.46. The summed E-state index contributed by atoms with van der Waals surface area (Å²) in [7, 11) is 0. The minimum Gasteiger partial charge on any atom is -0.436 e. The lowest BCUT2D eigenvalue weighted by atomic mass is 10.0. The van der Waals surface area contributed by atoms with Crippen LogP contribution in [0.2, 0.25) is 0 Å². The van der Waals surface area contributed by atoms with E-state index in [0.717, 1.165) is 72.7 Å². The number of ether oxygens (including phenoxy) is 1. The Bertz CT molecular complexity index is 1380. The maximum absolute atomic E-state index is 15.3. The monoisotopic (exact) mass is 459 g/mol. The lowest BCUT2D eigenvalue weighted by Crippen LogP contribution is -2.45. The summed E-state index contributed by atoms with van der Waals surface area (Å²) in [6.45, 7) is 5.53. The molecule has 4 aromatic rings. The molecule has 6 rings (SSSR count). The predicted molar refractivity (Wildman–Crippen MR) is 130 cm³/mol. The molecule has 0 amide bonds. The summed E-state index contributed by atoms with van der Waals surface area (Å²) in [4.78, 5) is 15.5. The highest BCUT2D eigenvalue weighted by molar-refractivity contribution is 6.07. The normalized spacial score (nSPS) is 17.8. The number of nitrogen functional groups attached to an aromatic ring is 1. The molecule has 0 radical (unpaired) electrons. The smallest absolute Gasteiger partial charge is 0.219 e. The van der Waals surface area contributed by atoms with Crippen molar-refractivity contribution >= 4 is 22.7 Å². The average Bonchev–Trinajstić information content (AvgIpc) is 3.40. The number of anilines is 2. The highest BCUT2D eigenvalue weighted by Gasteiger charge is 2.34. The number of hydrogen-bond acceptors (Lipinski definition) is 7. The summed E-state index contributed by atoms with van der Waals surface area (Å²) >= 11 is 0. The molecule has 2 aliphatic rings. The summed E-state index contributed by atoms with van der Waals surface area (Å²) in [5.41, 5.74) is 9.52. The van der Waals surface area contributed by atoms with E-state index in [1.54, 1.807) is 12.1 Å². The van der Waals surface area contributed by atoms with E-state index in [1.807, 2.05) is 25.1 Å². The van der Waals surface area contributed by atoms with E-state index in [0.29, 0.717) is 17.7 Å². The van der Waals surface area contributed by atoms with Crippen LogP contribution >= 0.6 is 0 Å². The molecule has 0 bridgehead atoms. The van der Waals surface area contributed by atoms with Crippen LogP contribution in [0.15, 0.2) is 42.7 Å². The Morgan fingerprint density at radius 1 is 1.18 bits per heavy atom. The Morgan fingerprint density at radius 3 is 2.88 bits per heavy atom. The number of aromatic nitrogens is 4. The first-order valence-corrected chi connectivity index (χ1v) is 11.6. The van der Waals surface area contributed by atoms with Gasteiger partial charge in [0.15, 0.2) is 11.6 Å². The highest BCUT2D eigenvalue weighted by atomic mass is 19.1. The Kier molecular flexibility index (Phi) is 5.06. The fourth-order valence-electron chi connectivity index (χ4n) is 5.16. The average molecular weight is 460 g/mol. The number of nitrogens with two attached hydrogens (primary N) is 1. The van der Waals surface area contributed by atoms with E-state index in [2.05, 4.69) is 29.7 Å². The third kappa shape index (κ3) is 3.43. The first-order valence-electron chi connectivity index (χ1n) is 11.6. The van der Waals surface area contributed by atoms with Crippen LogP contribution < -0.4 is 20.7 Å². The van der Waals surface area contributed by atoms with Crippen LogP contribution in [-0.4, -0.2) is 45.2 Å². The number of nitrogens with one attached hydrogen (secondary N) is 1. The summed E-state index contributed by atoms with van der Waals surface area (Å²) in [6.07, 6.45) is 3.73. The molecule has 1 saturated heterocycles. The van der Waals surface area contributed by atoms with E-state index < -0.39 is 5.82 Å². The molecule has 0 spiro atoms. The van der Waals surface area contributed by atoms with Crippen molar-refractivity contribution in [1.29, 1.82) is 0 Å². The lowest BCUT2D eigenvalue weighted by molar-refractivity contribution is 0.427. The van der Waals surface area contributed by atoms with Gasteiger partial charge in [-0.2, -0.15) is 0 Å². The number of aryl methyl sites for hydroxylation is 1. The maximum atomic E-state index is 15.3. The fourth-order valence-corrected chi connectivity index (χ4v) is 5.16. The van der Waals surface area contributed by atoms with Crippen LogP contribution in [0.4, 0.5) is 16.0 Å². The predicted octanol–water partition coefficient (Wildman–Crippen LogP) is 3.89. The van der Waals surface area contributed by atoms with Crippen LogP contribution in [0.25, 0.3) is 22.2 Å².